The van der Waals surface area contributed by atoms with Crippen molar-refractivity contribution in [2.24, 2.45) is 0 Å². The maximum Gasteiger partial charge on any atom is 0.221 e. The predicted molar refractivity (Wildman–Crippen MR) is 64.5 cm³/mol. The van der Waals surface area contributed by atoms with Crippen molar-refractivity contribution in [3.05, 3.63) is 48.0 Å². The second-order valence-corrected chi connectivity index (χ2v) is 3.48. The van der Waals surface area contributed by atoms with Crippen LogP contribution >= 0.6 is 0 Å². The minimum absolute atomic E-state index is 0.400. The molecular formula is C13H11N3O. The van der Waals surface area contributed by atoms with Crippen LogP contribution in [0.1, 0.15) is 5.56 Å². The van der Waals surface area contributed by atoms with Crippen molar-refractivity contribution in [3.63, 3.8) is 0 Å². The molecule has 0 spiro atoms. The summed E-state index contributed by atoms with van der Waals surface area (Å²) in [5, 5.41) is 8.55. The Balaban J connectivity index is 2.11. The lowest BCUT2D eigenvalue weighted by molar-refractivity contribution is 0.464. The highest BCUT2D eigenvalue weighted by atomic mass is 16.5. The number of hydrogen-bond acceptors (Lipinski definition) is 4. The van der Waals surface area contributed by atoms with Gasteiger partial charge in [0, 0.05) is 6.07 Å². The number of pyridine rings is 1. The highest BCUT2D eigenvalue weighted by Gasteiger charge is 1.99. The molecule has 0 aliphatic heterocycles. The van der Waals surface area contributed by atoms with Crippen molar-refractivity contribution in [3.8, 4) is 17.7 Å². The van der Waals surface area contributed by atoms with Gasteiger partial charge in [0.25, 0.3) is 0 Å². The lowest BCUT2D eigenvalue weighted by Gasteiger charge is -2.05. The molecule has 1 heterocycles. The molecule has 0 aliphatic carbocycles. The van der Waals surface area contributed by atoms with Crippen molar-refractivity contribution >= 4 is 5.82 Å². The Hall–Kier alpha value is -2.54. The normalized spacial score (nSPS) is 9.59. The number of benzene rings is 1. The van der Waals surface area contributed by atoms with Gasteiger partial charge in [-0.1, -0.05) is 18.2 Å². The molecule has 0 saturated heterocycles. The molecule has 4 heteroatoms. The van der Waals surface area contributed by atoms with Gasteiger partial charge in [-0.05, 0) is 23.8 Å². The number of nitrogens with zero attached hydrogens (tertiary/aromatic N) is 2. The van der Waals surface area contributed by atoms with Crippen molar-refractivity contribution in [1.29, 1.82) is 5.26 Å². The topological polar surface area (TPSA) is 71.9 Å². The van der Waals surface area contributed by atoms with E-state index in [0.717, 1.165) is 5.56 Å². The van der Waals surface area contributed by atoms with Gasteiger partial charge in [-0.2, -0.15) is 10.2 Å². The fourth-order valence-electron chi connectivity index (χ4n) is 1.38. The Bertz CT molecular complexity index is 543. The van der Waals surface area contributed by atoms with E-state index in [1.807, 2.05) is 12.1 Å². The number of nitrogens with two attached hydrogens (primary N) is 1. The number of rotatable bonds is 3. The first-order chi connectivity index (χ1) is 8.28. The van der Waals surface area contributed by atoms with Crippen LogP contribution in [0.2, 0.25) is 0 Å². The molecule has 0 atom stereocenters. The SMILES string of the molecule is N#CCc1ccc(Oc2cccc(N)n2)cc1. The average molecular weight is 225 g/mol. The van der Waals surface area contributed by atoms with Gasteiger partial charge in [-0.25, -0.2) is 0 Å². The third-order valence-corrected chi connectivity index (χ3v) is 2.17. The first kappa shape index (κ1) is 11.0. The Kier molecular flexibility index (Phi) is 3.22. The molecule has 0 unspecified atom stereocenters. The van der Waals surface area contributed by atoms with Crippen LogP contribution in [0, 0.1) is 11.3 Å². The molecule has 1 aromatic heterocycles. The minimum atomic E-state index is 0.400. The Labute approximate surface area is 99.3 Å². The van der Waals surface area contributed by atoms with Crippen molar-refractivity contribution in [2.75, 3.05) is 5.73 Å². The number of nitriles is 1. The molecule has 0 bridgehead atoms. The van der Waals surface area contributed by atoms with E-state index in [0.29, 0.717) is 23.9 Å². The zero-order chi connectivity index (χ0) is 12.1. The summed E-state index contributed by atoms with van der Waals surface area (Å²) in [5.74, 6) is 1.55. The Morgan fingerprint density at radius 3 is 2.59 bits per heavy atom. The van der Waals surface area contributed by atoms with E-state index in [2.05, 4.69) is 11.1 Å². The summed E-state index contributed by atoms with van der Waals surface area (Å²) in [4.78, 5) is 4.03. The summed E-state index contributed by atoms with van der Waals surface area (Å²) in [6, 6.07) is 14.6. The third kappa shape index (κ3) is 2.95. The number of nitrogen functional groups attached to an aromatic ring is 1. The Morgan fingerprint density at radius 1 is 1.18 bits per heavy atom. The fraction of sp³-hybridized carbons (Fsp3) is 0.0769. The van der Waals surface area contributed by atoms with Gasteiger partial charge in [-0.15, -0.1) is 0 Å². The summed E-state index contributed by atoms with van der Waals surface area (Å²) in [5.41, 5.74) is 6.51. The molecule has 0 aliphatic rings. The van der Waals surface area contributed by atoms with Crippen LogP contribution in [0.4, 0.5) is 5.82 Å². The zero-order valence-corrected chi connectivity index (χ0v) is 9.13. The molecule has 0 amide bonds. The summed E-state index contributed by atoms with van der Waals surface area (Å²) in [6.07, 6.45) is 0.400. The van der Waals surface area contributed by atoms with E-state index in [1.165, 1.54) is 0 Å². The molecule has 2 rings (SSSR count). The highest BCUT2D eigenvalue weighted by molar-refractivity contribution is 5.35. The smallest absolute Gasteiger partial charge is 0.221 e. The van der Waals surface area contributed by atoms with E-state index >= 15 is 0 Å². The standard InChI is InChI=1S/C13H11N3O/c14-9-8-10-4-6-11(7-5-10)17-13-3-1-2-12(15)16-13/h1-7H,8H2,(H2,15,16). The predicted octanol–water partition coefficient (Wildman–Crippen LogP) is 2.52. The van der Waals surface area contributed by atoms with Crippen molar-refractivity contribution < 1.29 is 4.74 Å². The number of aromatic nitrogens is 1. The lowest BCUT2D eigenvalue weighted by atomic mass is 10.2. The Morgan fingerprint density at radius 2 is 1.94 bits per heavy atom. The second-order valence-electron chi connectivity index (χ2n) is 3.48. The molecule has 2 aromatic rings. The van der Waals surface area contributed by atoms with E-state index in [4.69, 9.17) is 15.7 Å². The zero-order valence-electron chi connectivity index (χ0n) is 9.13. The molecule has 2 N–H and O–H groups in total. The average Bonchev–Trinajstić information content (AvgIpc) is 2.32. The van der Waals surface area contributed by atoms with Crippen LogP contribution in [-0.4, -0.2) is 4.98 Å². The van der Waals surface area contributed by atoms with E-state index < -0.39 is 0 Å². The first-order valence-electron chi connectivity index (χ1n) is 5.14. The lowest BCUT2D eigenvalue weighted by Crippen LogP contribution is -1.92. The van der Waals surface area contributed by atoms with Gasteiger partial charge in [0.1, 0.15) is 11.6 Å². The number of hydrogen-bond donors (Lipinski definition) is 1. The monoisotopic (exact) mass is 225 g/mol. The van der Waals surface area contributed by atoms with Crippen LogP contribution < -0.4 is 10.5 Å². The summed E-state index contributed by atoms with van der Waals surface area (Å²) >= 11 is 0. The molecule has 84 valence electrons. The molecule has 17 heavy (non-hydrogen) atoms. The second kappa shape index (κ2) is 4.99. The van der Waals surface area contributed by atoms with Crippen LogP contribution in [0.25, 0.3) is 0 Å². The van der Waals surface area contributed by atoms with Crippen LogP contribution in [0.15, 0.2) is 42.5 Å². The van der Waals surface area contributed by atoms with Gasteiger partial charge >= 0.3 is 0 Å². The summed E-state index contributed by atoms with van der Waals surface area (Å²) in [7, 11) is 0. The molecule has 0 fully saturated rings. The first-order valence-corrected chi connectivity index (χ1v) is 5.14. The fourth-order valence-corrected chi connectivity index (χ4v) is 1.38. The minimum Gasteiger partial charge on any atom is -0.439 e. The quantitative estimate of drug-likeness (QED) is 0.871. The molecule has 4 nitrogen and oxygen atoms in total. The van der Waals surface area contributed by atoms with Crippen LogP contribution in [0.5, 0.6) is 11.6 Å². The van der Waals surface area contributed by atoms with E-state index in [9.17, 15) is 0 Å². The molecule has 0 saturated carbocycles. The molecule has 0 radical (unpaired) electrons. The van der Waals surface area contributed by atoms with E-state index in [1.54, 1.807) is 30.3 Å². The summed E-state index contributed by atoms with van der Waals surface area (Å²) in [6.45, 7) is 0. The highest BCUT2D eigenvalue weighted by Crippen LogP contribution is 2.20. The van der Waals surface area contributed by atoms with Gasteiger partial charge in [0.2, 0.25) is 5.88 Å². The number of anilines is 1. The van der Waals surface area contributed by atoms with Crippen LogP contribution in [-0.2, 0) is 6.42 Å². The van der Waals surface area contributed by atoms with Gasteiger partial charge in [0.05, 0.1) is 12.5 Å². The maximum atomic E-state index is 8.55. The van der Waals surface area contributed by atoms with E-state index in [-0.39, 0.29) is 0 Å². The van der Waals surface area contributed by atoms with Crippen molar-refractivity contribution in [1.82, 2.24) is 4.98 Å². The van der Waals surface area contributed by atoms with Crippen molar-refractivity contribution in [2.45, 2.75) is 6.42 Å². The van der Waals surface area contributed by atoms with Gasteiger partial charge in [-0.3, -0.25) is 0 Å². The maximum absolute atomic E-state index is 8.55. The van der Waals surface area contributed by atoms with Gasteiger partial charge < -0.3 is 10.5 Å². The van der Waals surface area contributed by atoms with Crippen LogP contribution in [0.3, 0.4) is 0 Å². The largest absolute Gasteiger partial charge is 0.439 e. The number of ether oxygens (including phenoxy) is 1. The van der Waals surface area contributed by atoms with Gasteiger partial charge in [0.15, 0.2) is 0 Å². The summed E-state index contributed by atoms with van der Waals surface area (Å²) < 4.78 is 5.52. The third-order valence-electron chi connectivity index (χ3n) is 2.17. The molecular weight excluding hydrogens is 214 g/mol. The molecule has 1 aromatic carbocycles.